The van der Waals surface area contributed by atoms with Crippen molar-refractivity contribution in [3.05, 3.63) is 204 Å². The quantitative estimate of drug-likeness (QED) is 0.00716. The number of phenolic OH excluding ortho intramolecular Hbond substituents is 5. The van der Waals surface area contributed by atoms with Gasteiger partial charge in [0.25, 0.3) is 0 Å². The Morgan fingerprint density at radius 1 is 0.595 bits per heavy atom. The number of aromatic hydroxyl groups is 6. The minimum Gasteiger partial charge on any atom is -0.508 e. The van der Waals surface area contributed by atoms with Gasteiger partial charge in [-0.1, -0.05) is 217 Å². The van der Waals surface area contributed by atoms with Crippen LogP contribution in [0.3, 0.4) is 0 Å². The number of carbonyl (C=O) groups excluding carboxylic acids is 2. The molecule has 2 heterocycles. The van der Waals surface area contributed by atoms with Crippen molar-refractivity contribution in [3.8, 4) is 58.2 Å². The van der Waals surface area contributed by atoms with Crippen LogP contribution in [0.1, 0.15) is 376 Å². The van der Waals surface area contributed by atoms with Gasteiger partial charge in [0.05, 0.1) is 19.0 Å². The summed E-state index contributed by atoms with van der Waals surface area (Å²) in [7, 11) is 9.22. The van der Waals surface area contributed by atoms with Gasteiger partial charge in [-0.2, -0.15) is 5.82 Å². The molecule has 694 valence electrons. The Labute approximate surface area is 767 Å². The molecule has 2 aliphatic heterocycles. The zero-order valence-corrected chi connectivity index (χ0v) is 79.1. The number of ketones is 2. The second-order valence-electron chi connectivity index (χ2n) is 36.6. The summed E-state index contributed by atoms with van der Waals surface area (Å²) in [6.45, 7) is 46.4. The molecule has 1 unspecified atom stereocenters. The van der Waals surface area contributed by atoms with Crippen molar-refractivity contribution in [1.29, 1.82) is 0 Å². The highest BCUT2D eigenvalue weighted by atomic mass is 16.5. The van der Waals surface area contributed by atoms with E-state index in [1.807, 2.05) is 65.0 Å². The van der Waals surface area contributed by atoms with Crippen LogP contribution in [-0.2, 0) is 48.1 Å². The lowest BCUT2D eigenvalue weighted by Crippen LogP contribution is -2.59. The first kappa shape index (κ1) is 115. The maximum atomic E-state index is 12.7. The number of carboxylic acid groups (broad SMARTS) is 1. The van der Waals surface area contributed by atoms with E-state index in [0.717, 1.165) is 186 Å². The number of aliphatic hydroxyl groups is 1. The van der Waals surface area contributed by atoms with E-state index >= 15 is 0 Å². The molecule has 0 amide bonds. The number of aryl methyl sites for hydroxylation is 4. The molecule has 10 rings (SSSR count). The lowest BCUT2D eigenvalue weighted by atomic mass is 9.45. The molecule has 126 heavy (non-hydrogen) atoms. The molecule has 0 spiro atoms. The number of ether oxygens (including phenoxy) is 2. The van der Waals surface area contributed by atoms with Gasteiger partial charge in [-0.3, -0.25) is 9.59 Å². The zero-order chi connectivity index (χ0) is 92.1. The number of rotatable bonds is 34. The Hall–Kier alpha value is -9.02. The summed E-state index contributed by atoms with van der Waals surface area (Å²) in [5.41, 5.74) is 15.8. The van der Waals surface area contributed by atoms with Crippen molar-refractivity contribution in [1.82, 2.24) is 0 Å². The van der Waals surface area contributed by atoms with Crippen molar-refractivity contribution in [2.75, 3.05) is 0 Å². The third kappa shape index (κ3) is 34.5. The van der Waals surface area contributed by atoms with Crippen LogP contribution < -0.4 is 9.47 Å². The van der Waals surface area contributed by atoms with E-state index in [1.54, 1.807) is 18.0 Å². The van der Waals surface area contributed by atoms with Crippen molar-refractivity contribution < 1.29 is 64.7 Å². The fourth-order valence-electron chi connectivity index (χ4n) is 17.7. The average Bonchev–Trinajstić information content (AvgIpc) is 1.42. The van der Waals surface area contributed by atoms with Gasteiger partial charge in [0.15, 0.2) is 19.4 Å². The molecule has 0 bridgehead atoms. The molecular weight excluding hydrogens is 1560 g/mol. The zero-order valence-electron chi connectivity index (χ0n) is 79.1. The second kappa shape index (κ2) is 57.0. The van der Waals surface area contributed by atoms with Crippen LogP contribution in [0.15, 0.2) is 154 Å². The fourth-order valence-corrected chi connectivity index (χ4v) is 17.7. The van der Waals surface area contributed by atoms with Gasteiger partial charge >= 0.3 is 5.97 Å². The van der Waals surface area contributed by atoms with Crippen LogP contribution in [0.2, 0.25) is 6.32 Å². The van der Waals surface area contributed by atoms with Crippen LogP contribution >= 0.6 is 0 Å². The summed E-state index contributed by atoms with van der Waals surface area (Å²) in [6.07, 6.45) is 52.4. The highest BCUT2D eigenvalue weighted by molar-refractivity contribution is 6.22. The first-order valence-electron chi connectivity index (χ1n) is 46.0. The molecule has 4 aromatic rings. The Morgan fingerprint density at radius 3 is 1.56 bits per heavy atom. The smallest absolute Gasteiger partial charge is 0.339 e. The van der Waals surface area contributed by atoms with E-state index in [-0.39, 0.29) is 108 Å². The summed E-state index contributed by atoms with van der Waals surface area (Å²) in [5.74, 6) is 3.92. The summed E-state index contributed by atoms with van der Waals surface area (Å²) >= 11 is 0. The van der Waals surface area contributed by atoms with E-state index < -0.39 is 5.97 Å². The molecule has 7 atom stereocenters. The molecule has 2 saturated carbocycles. The van der Waals surface area contributed by atoms with Crippen molar-refractivity contribution in [2.45, 2.75) is 377 Å². The monoisotopic (exact) mass is 1730 g/mol. The average molecular weight is 1730 g/mol. The lowest BCUT2D eigenvalue weighted by molar-refractivity contribution is -0.121. The second-order valence-corrected chi connectivity index (χ2v) is 36.6. The molecule has 15 heteroatoms. The molecule has 4 aromatic carbocycles. The Kier molecular flexibility index (Phi) is 52.0. The minimum absolute atomic E-state index is 0. The van der Waals surface area contributed by atoms with Gasteiger partial charge in [0.1, 0.15) is 62.8 Å². The number of aromatic carboxylic acids is 1. The molecule has 4 radical (unpaired) electrons. The molecular formula is C111H166B2O13. The number of aliphatic hydroxyl groups excluding tert-OH is 1. The minimum atomic E-state index is -1.16. The first-order valence-corrected chi connectivity index (χ1v) is 46.0. The number of fused-ring (bicyclic) bond motifs is 3. The van der Waals surface area contributed by atoms with E-state index in [4.69, 9.17) is 17.3 Å². The number of benzene rings is 4. The number of Topliss-reactive ketones (excluding diaryl/α,β-unsaturated/α-hetero) is 1. The molecule has 4 aliphatic carbocycles. The molecule has 2 fully saturated rings. The number of allylic oxidation sites excluding steroid dienone is 16. The number of hydrogen-bond donors (Lipinski definition) is 8. The van der Waals surface area contributed by atoms with E-state index in [1.165, 1.54) is 84.1 Å². The number of hydrogen-bond acceptors (Lipinski definition) is 12. The number of phenols is 6. The third-order valence-corrected chi connectivity index (χ3v) is 24.6. The Balaban J connectivity index is 0.000000770. The molecule has 8 N–H and O–H groups in total. The van der Waals surface area contributed by atoms with Gasteiger partial charge < -0.3 is 50.3 Å². The highest BCUT2D eigenvalue weighted by Gasteiger charge is 2.69. The molecule has 0 saturated heterocycles. The van der Waals surface area contributed by atoms with Crippen LogP contribution in [0.5, 0.6) is 46.0 Å². The predicted octanol–water partition coefficient (Wildman–Crippen LogP) is 29.8. The Morgan fingerprint density at radius 2 is 1.06 bits per heavy atom. The number of terminal acetylenes is 1. The fraction of sp³-hybridized carbons (Fsp3) is 0.559. The van der Waals surface area contributed by atoms with Gasteiger partial charge in [0.2, 0.25) is 5.78 Å². The van der Waals surface area contributed by atoms with Gasteiger partial charge in [-0.15, -0.1) is 6.42 Å². The van der Waals surface area contributed by atoms with Crippen LogP contribution in [0.4, 0.5) is 0 Å². The summed E-state index contributed by atoms with van der Waals surface area (Å²) in [6, 6.07) is 13.3. The van der Waals surface area contributed by atoms with E-state index in [9.17, 15) is 55.2 Å². The largest absolute Gasteiger partial charge is 0.508 e. The number of carboxylic acids is 1. The van der Waals surface area contributed by atoms with Crippen molar-refractivity contribution in [2.24, 2.45) is 29.1 Å². The highest BCUT2D eigenvalue weighted by Crippen LogP contribution is 2.74. The maximum Gasteiger partial charge on any atom is 0.339 e. The van der Waals surface area contributed by atoms with Crippen molar-refractivity contribution in [3.63, 3.8) is 0 Å². The number of carbonyl (C=O) groups is 3. The lowest BCUT2D eigenvalue weighted by Gasteiger charge is -2.62. The normalized spacial score (nSPS) is 19.2. The first-order chi connectivity index (χ1) is 58.2. The number of unbranched alkanes of at least 4 members (excludes halogenated alkanes) is 8. The summed E-state index contributed by atoms with van der Waals surface area (Å²) < 4.78 is 12.8. The van der Waals surface area contributed by atoms with Crippen LogP contribution in [0.25, 0.3) is 6.08 Å². The predicted molar refractivity (Wildman–Crippen MR) is 535 cm³/mol. The van der Waals surface area contributed by atoms with Crippen molar-refractivity contribution >= 4 is 39.3 Å². The SMILES string of the molecule is C.C.C.C=C(C)[C@@H]1CCC(C)=C[C@H]1C1=C(O)C(=O)C(CCCCC)=CC1=O.CCCCCc1cc(O)c2c(c1)OC(C)(CCC=C(C)C)C=C2.CCCCCc1cc(O)c2c(c1)O[C@]1(C)CC[C@H]3[C@@H]1[C@@H]2C3(C)C.CCCCc1cc(O)c(C/C=C(\C)CCC=C(C)C)c(O)c1.CCCCc1cc(O)c(C/C=C(\C)CCC=C(C)C)c(O)c1C(=O)O.[B]C#C.[B]CC. The maximum absolute atomic E-state index is 12.7. The molecule has 13 nitrogen and oxygen atoms in total. The topological polar surface area (TPSA) is 232 Å². The Bertz CT molecular complexity index is 4470. The van der Waals surface area contributed by atoms with Gasteiger partial charge in [-0.05, 0) is 325 Å². The van der Waals surface area contributed by atoms with Crippen LogP contribution in [0, 0.1) is 41.3 Å². The molecule has 6 aliphatic rings. The van der Waals surface area contributed by atoms with Gasteiger partial charge in [-0.25, -0.2) is 4.79 Å². The standard InChI is InChI=1S/C21H30O4.C21H28O3.2C21H30O2.C20H30O2.C2H5B.C2HB.3CH4/c1-5-6-10-16-13-18(22)17(20(23)19(16)21(24)25)12-11-15(4)9-7-8-14(2)3;1-5-6-7-8-15-12-18(22)19(21(24)20(15)23)17-11-14(4)9-10-16(17)13(2)3;1-5-6-7-8-13-11-15(22)17-16(12-13)23-21(4)10-9-14-18(21)19(17)20(14,2)3;1-5-6-7-10-17-14-19(22)18-11-13-21(4,23-20(18)15-17)12-8-9-16(2)3;1-5-6-10-17-13-19(21)18(20(22)14-17)12-11-16(4)9-7-8-15(2)3;2*1-2-3;;;/h8,11,13,22-23H,5-7,9-10,12H2,1-4H3,(H,24,25);11-12,16-17,24H,2,5-10H2,1,3-4H3;11-12,14,18-19,22H,5-10H2,1-4H3;9,11,13-15,22H,5-8,10,12H2,1-4H3;8,11,13-14,21-22H,5-7,9-10,12H2,1-4H3;2H2,1H3;1H;3*1H4/b15-11+;;;;16-11+;;;;;/t;16-,17+;14-,18+,19+,21+;;;;;;;/m.00......./s1. The van der Waals surface area contributed by atoms with Gasteiger partial charge in [0, 0.05) is 40.0 Å². The van der Waals surface area contributed by atoms with E-state index in [2.05, 4.69) is 167 Å². The van der Waals surface area contributed by atoms with E-state index in [0.29, 0.717) is 65.7 Å². The summed E-state index contributed by atoms with van der Waals surface area (Å²) in [4.78, 5) is 36.7. The summed E-state index contributed by atoms with van der Waals surface area (Å²) in [5, 5.41) is 81.9. The third-order valence-electron chi connectivity index (χ3n) is 24.6. The molecule has 0 aromatic heterocycles. The van der Waals surface area contributed by atoms with Crippen LogP contribution in [-0.4, -0.2) is 85.3 Å².